The minimum atomic E-state index is -1.88. The van der Waals surface area contributed by atoms with Crippen LogP contribution in [0.4, 0.5) is 5.69 Å². The molecule has 2 aliphatic heterocycles. The van der Waals surface area contributed by atoms with Crippen LogP contribution in [0.3, 0.4) is 0 Å². The van der Waals surface area contributed by atoms with Crippen molar-refractivity contribution in [3.05, 3.63) is 52.6 Å². The number of carbonyl (C=O) groups excluding carboxylic acids is 3. The van der Waals surface area contributed by atoms with Gasteiger partial charge in [-0.15, -0.1) is 0 Å². The van der Waals surface area contributed by atoms with Gasteiger partial charge in [-0.05, 0) is 40.7 Å². The van der Waals surface area contributed by atoms with Crippen molar-refractivity contribution in [2.45, 2.75) is 45.6 Å². The van der Waals surface area contributed by atoms with Gasteiger partial charge in [0.15, 0.2) is 5.41 Å². The van der Waals surface area contributed by atoms with Gasteiger partial charge in [0, 0.05) is 18.3 Å². The number of fused-ring (bicyclic) bond motifs is 2. The Morgan fingerprint density at radius 2 is 1.80 bits per heavy atom. The van der Waals surface area contributed by atoms with E-state index in [0.717, 1.165) is 0 Å². The SMILES string of the molecule is CCOC(=O)C1=C(N)N(C)c2ccccc2[C@@]12C(=O)OC(C)=C2C(=O)OC(C)(C)C. The average molecular weight is 414 g/mol. The molecule has 3 rings (SSSR count). The van der Waals surface area contributed by atoms with E-state index < -0.39 is 28.9 Å². The monoisotopic (exact) mass is 414 g/mol. The second kappa shape index (κ2) is 7.19. The summed E-state index contributed by atoms with van der Waals surface area (Å²) in [4.78, 5) is 41.3. The van der Waals surface area contributed by atoms with E-state index in [1.54, 1.807) is 63.9 Å². The normalized spacial score (nSPS) is 21.0. The lowest BCUT2D eigenvalue weighted by molar-refractivity contribution is -0.152. The molecule has 2 heterocycles. The van der Waals surface area contributed by atoms with E-state index in [1.165, 1.54) is 6.92 Å². The van der Waals surface area contributed by atoms with Crippen molar-refractivity contribution in [2.24, 2.45) is 5.73 Å². The van der Waals surface area contributed by atoms with Crippen LogP contribution < -0.4 is 10.6 Å². The smallest absolute Gasteiger partial charge is 0.339 e. The van der Waals surface area contributed by atoms with Gasteiger partial charge >= 0.3 is 17.9 Å². The number of nitrogens with two attached hydrogens (primary N) is 1. The minimum absolute atomic E-state index is 0.000131. The maximum atomic E-state index is 13.4. The van der Waals surface area contributed by atoms with Gasteiger partial charge in [-0.25, -0.2) is 14.4 Å². The molecule has 2 aliphatic rings. The van der Waals surface area contributed by atoms with Crippen LogP contribution in [0.2, 0.25) is 0 Å². The zero-order chi connectivity index (χ0) is 22.4. The summed E-state index contributed by atoms with van der Waals surface area (Å²) in [6, 6.07) is 6.91. The molecular weight excluding hydrogens is 388 g/mol. The molecule has 0 aliphatic carbocycles. The third-order valence-electron chi connectivity index (χ3n) is 5.02. The fraction of sp³-hybridized carbons (Fsp3) is 0.409. The van der Waals surface area contributed by atoms with E-state index in [4.69, 9.17) is 19.9 Å². The van der Waals surface area contributed by atoms with Crippen molar-refractivity contribution in [3.63, 3.8) is 0 Å². The maximum absolute atomic E-state index is 13.4. The molecule has 1 spiro atoms. The Morgan fingerprint density at radius 1 is 1.17 bits per heavy atom. The maximum Gasteiger partial charge on any atom is 0.339 e. The van der Waals surface area contributed by atoms with Crippen molar-refractivity contribution >= 4 is 23.6 Å². The number of hydrogen-bond acceptors (Lipinski definition) is 8. The lowest BCUT2D eigenvalue weighted by atomic mass is 9.66. The zero-order valence-corrected chi connectivity index (χ0v) is 18.0. The number of rotatable bonds is 3. The number of allylic oxidation sites excluding steroid dienone is 1. The third kappa shape index (κ3) is 3.03. The minimum Gasteiger partial charge on any atom is -0.462 e. The molecule has 1 aromatic carbocycles. The van der Waals surface area contributed by atoms with E-state index in [-0.39, 0.29) is 29.3 Å². The highest BCUT2D eigenvalue weighted by Crippen LogP contribution is 2.53. The van der Waals surface area contributed by atoms with Crippen LogP contribution in [0.1, 0.15) is 40.2 Å². The molecule has 0 bridgehead atoms. The highest BCUT2D eigenvalue weighted by Gasteiger charge is 2.63. The van der Waals surface area contributed by atoms with Crippen molar-refractivity contribution in [1.29, 1.82) is 0 Å². The van der Waals surface area contributed by atoms with Crippen molar-refractivity contribution in [3.8, 4) is 0 Å². The highest BCUT2D eigenvalue weighted by atomic mass is 16.6. The number of carbonyl (C=O) groups is 3. The Balaban J connectivity index is 2.39. The molecule has 0 saturated carbocycles. The van der Waals surface area contributed by atoms with Gasteiger partial charge in [-0.3, -0.25) is 0 Å². The summed E-state index contributed by atoms with van der Waals surface area (Å²) < 4.78 is 16.2. The van der Waals surface area contributed by atoms with Gasteiger partial charge in [0.1, 0.15) is 28.3 Å². The summed E-state index contributed by atoms with van der Waals surface area (Å²) in [5, 5.41) is 0. The summed E-state index contributed by atoms with van der Waals surface area (Å²) in [6.45, 7) is 8.34. The molecule has 8 heteroatoms. The second-order valence-electron chi connectivity index (χ2n) is 8.13. The van der Waals surface area contributed by atoms with E-state index in [2.05, 4.69) is 0 Å². The topological polar surface area (TPSA) is 108 Å². The summed E-state index contributed by atoms with van der Waals surface area (Å²) in [5.74, 6) is -2.31. The first-order chi connectivity index (χ1) is 14.0. The lowest BCUT2D eigenvalue weighted by Crippen LogP contribution is -2.50. The quantitative estimate of drug-likeness (QED) is 0.593. The van der Waals surface area contributed by atoms with Gasteiger partial charge in [-0.1, -0.05) is 18.2 Å². The molecular formula is C22H26N2O6. The molecule has 0 radical (unpaired) electrons. The van der Waals surface area contributed by atoms with Crippen LogP contribution in [-0.4, -0.2) is 37.2 Å². The molecule has 1 atom stereocenters. The fourth-order valence-corrected chi connectivity index (χ4v) is 3.90. The number of benzene rings is 1. The summed E-state index contributed by atoms with van der Waals surface area (Å²) in [5.41, 5.74) is 4.35. The Hall–Kier alpha value is -3.29. The van der Waals surface area contributed by atoms with Gasteiger partial charge < -0.3 is 24.8 Å². The summed E-state index contributed by atoms with van der Waals surface area (Å²) in [6.07, 6.45) is 0. The predicted molar refractivity (Wildman–Crippen MR) is 109 cm³/mol. The zero-order valence-electron chi connectivity index (χ0n) is 18.0. The van der Waals surface area contributed by atoms with Gasteiger partial charge in [-0.2, -0.15) is 0 Å². The summed E-state index contributed by atoms with van der Waals surface area (Å²) in [7, 11) is 1.67. The molecule has 0 aromatic heterocycles. The molecule has 0 amide bonds. The van der Waals surface area contributed by atoms with Crippen LogP contribution in [0, 0.1) is 0 Å². The second-order valence-corrected chi connectivity index (χ2v) is 8.13. The molecule has 160 valence electrons. The molecule has 1 aromatic rings. The third-order valence-corrected chi connectivity index (χ3v) is 5.02. The van der Waals surface area contributed by atoms with Crippen LogP contribution in [0.5, 0.6) is 0 Å². The van der Waals surface area contributed by atoms with E-state index in [1.807, 2.05) is 0 Å². The molecule has 0 fully saturated rings. The van der Waals surface area contributed by atoms with Gasteiger partial charge in [0.05, 0.1) is 6.61 Å². The number of cyclic esters (lactones) is 1. The van der Waals surface area contributed by atoms with E-state index >= 15 is 0 Å². The van der Waals surface area contributed by atoms with Crippen molar-refractivity contribution in [2.75, 3.05) is 18.6 Å². The van der Waals surface area contributed by atoms with Gasteiger partial charge in [0.2, 0.25) is 0 Å². The van der Waals surface area contributed by atoms with E-state index in [9.17, 15) is 14.4 Å². The van der Waals surface area contributed by atoms with Gasteiger partial charge in [0.25, 0.3) is 0 Å². The lowest BCUT2D eigenvalue weighted by Gasteiger charge is -2.40. The predicted octanol–water partition coefficient (Wildman–Crippen LogP) is 2.28. The molecule has 30 heavy (non-hydrogen) atoms. The Kier molecular flexibility index (Phi) is 5.14. The molecule has 2 N–H and O–H groups in total. The van der Waals surface area contributed by atoms with Crippen LogP contribution in [0.25, 0.3) is 0 Å². The van der Waals surface area contributed by atoms with Crippen molar-refractivity contribution < 1.29 is 28.6 Å². The van der Waals surface area contributed by atoms with Crippen LogP contribution >= 0.6 is 0 Å². The highest BCUT2D eigenvalue weighted by molar-refractivity contribution is 6.16. The number of esters is 3. The first-order valence-electron chi connectivity index (χ1n) is 9.64. The molecule has 0 saturated heterocycles. The number of anilines is 1. The standard InChI is InChI=1S/C22H26N2O6/c1-7-28-18(25)16-17(23)24(6)14-11-9-8-10-13(14)22(16)15(12(2)29-20(22)27)19(26)30-21(3,4)5/h8-11H,7,23H2,1-6H3/t22-/m0/s1. The van der Waals surface area contributed by atoms with Crippen molar-refractivity contribution in [1.82, 2.24) is 0 Å². The fourth-order valence-electron chi connectivity index (χ4n) is 3.90. The molecule has 8 nitrogen and oxygen atoms in total. The van der Waals surface area contributed by atoms with E-state index in [0.29, 0.717) is 11.3 Å². The Bertz CT molecular complexity index is 1000. The number of hydrogen-bond donors (Lipinski definition) is 1. The first kappa shape index (κ1) is 21.4. The van der Waals surface area contributed by atoms with Crippen LogP contribution in [-0.2, 0) is 34.0 Å². The number of ether oxygens (including phenoxy) is 3. The molecule has 0 unspecified atom stereocenters. The number of para-hydroxylation sites is 1. The number of nitrogens with zero attached hydrogens (tertiary/aromatic N) is 1. The van der Waals surface area contributed by atoms with Crippen LogP contribution in [0.15, 0.2) is 47.0 Å². The first-order valence-corrected chi connectivity index (χ1v) is 9.64. The largest absolute Gasteiger partial charge is 0.462 e. The average Bonchev–Trinajstić information content (AvgIpc) is 2.89. The summed E-state index contributed by atoms with van der Waals surface area (Å²) >= 11 is 0. The Labute approximate surface area is 175 Å². The Morgan fingerprint density at radius 3 is 2.40 bits per heavy atom.